The molecule has 1 N–H and O–H groups in total. The summed E-state index contributed by atoms with van der Waals surface area (Å²) in [5, 5.41) is 3.65. The van der Waals surface area contributed by atoms with Crippen LogP contribution < -0.4 is 10.2 Å². The van der Waals surface area contributed by atoms with Crippen molar-refractivity contribution in [2.24, 2.45) is 0 Å². The maximum Gasteiger partial charge on any atom is 0.291 e. The van der Waals surface area contributed by atoms with Crippen LogP contribution in [0, 0.1) is 26.6 Å². The number of hydrogen-bond acceptors (Lipinski definition) is 5. The highest BCUT2D eigenvalue weighted by molar-refractivity contribution is 5.90. The number of nitrogens with zero attached hydrogens (tertiary/aromatic N) is 4. The minimum Gasteiger partial charge on any atom is -0.355 e. The molecule has 2 aromatic rings. The molecule has 1 aliphatic rings. The molecule has 0 bridgehead atoms. The van der Waals surface area contributed by atoms with Crippen LogP contribution in [0.15, 0.2) is 18.2 Å². The molecule has 2 atom stereocenters. The summed E-state index contributed by atoms with van der Waals surface area (Å²) in [5.41, 5.74) is 3.57. The van der Waals surface area contributed by atoms with E-state index in [1.165, 1.54) is 11.0 Å². The molecular weight excluding hydrogens is 369 g/mol. The normalized spacial score (nSPS) is 17.5. The van der Waals surface area contributed by atoms with E-state index in [1.54, 1.807) is 21.0 Å². The van der Waals surface area contributed by atoms with Crippen LogP contribution >= 0.6 is 0 Å². The SMILES string of the molecule is Cc1cc(C(C)N[C@@H]2CCN(c3nc(C(=O)N(C)C)nc(C)c3C)C2)ccc1F. The van der Waals surface area contributed by atoms with Crippen LogP contribution in [0.3, 0.4) is 0 Å². The van der Waals surface area contributed by atoms with E-state index >= 15 is 0 Å². The van der Waals surface area contributed by atoms with Crippen molar-refractivity contribution in [3.05, 3.63) is 52.2 Å². The van der Waals surface area contributed by atoms with Gasteiger partial charge in [0.1, 0.15) is 11.6 Å². The zero-order valence-electron chi connectivity index (χ0n) is 18.1. The van der Waals surface area contributed by atoms with Gasteiger partial charge in [0.2, 0.25) is 5.82 Å². The van der Waals surface area contributed by atoms with Crippen LogP contribution in [-0.4, -0.2) is 54.0 Å². The Morgan fingerprint density at radius 2 is 2.00 bits per heavy atom. The van der Waals surface area contributed by atoms with Crippen molar-refractivity contribution in [2.45, 2.75) is 46.2 Å². The number of halogens is 1. The molecule has 1 aromatic heterocycles. The lowest BCUT2D eigenvalue weighted by atomic mass is 10.0. The second-order valence-corrected chi connectivity index (χ2v) is 8.11. The van der Waals surface area contributed by atoms with E-state index in [-0.39, 0.29) is 29.6 Å². The molecule has 156 valence electrons. The maximum atomic E-state index is 13.5. The lowest BCUT2D eigenvalue weighted by Crippen LogP contribution is -2.35. The Balaban J connectivity index is 1.73. The first-order valence-electron chi connectivity index (χ1n) is 10.0. The van der Waals surface area contributed by atoms with Crippen LogP contribution in [0.1, 0.15) is 52.4 Å². The molecule has 1 unspecified atom stereocenters. The number of nitrogens with one attached hydrogen (secondary N) is 1. The summed E-state index contributed by atoms with van der Waals surface area (Å²) < 4.78 is 13.5. The Morgan fingerprint density at radius 1 is 1.28 bits per heavy atom. The number of benzene rings is 1. The van der Waals surface area contributed by atoms with Gasteiger partial charge < -0.3 is 15.1 Å². The standard InChI is InChI=1S/C22H30FN5O/c1-13-11-17(7-8-19(13)23)16(4)24-18-9-10-28(12-18)21-14(2)15(3)25-20(26-21)22(29)27(5)6/h7-8,11,16,18,24H,9-10,12H2,1-6H3/t16?,18-/m1/s1. The highest BCUT2D eigenvalue weighted by Gasteiger charge is 2.28. The van der Waals surface area contributed by atoms with Gasteiger partial charge in [-0.25, -0.2) is 14.4 Å². The van der Waals surface area contributed by atoms with E-state index in [1.807, 2.05) is 26.0 Å². The van der Waals surface area contributed by atoms with Crippen LogP contribution in [0.5, 0.6) is 0 Å². The minimum atomic E-state index is -0.191. The third-order valence-electron chi connectivity index (χ3n) is 5.62. The van der Waals surface area contributed by atoms with Gasteiger partial charge in [0.25, 0.3) is 5.91 Å². The predicted molar refractivity (Wildman–Crippen MR) is 113 cm³/mol. The van der Waals surface area contributed by atoms with Crippen molar-refractivity contribution in [3.8, 4) is 0 Å². The number of carbonyl (C=O) groups excluding carboxylic acids is 1. The van der Waals surface area contributed by atoms with E-state index in [0.717, 1.165) is 42.1 Å². The molecule has 0 radical (unpaired) electrons. The first-order valence-corrected chi connectivity index (χ1v) is 10.0. The molecule has 2 heterocycles. The molecule has 7 heteroatoms. The number of anilines is 1. The van der Waals surface area contributed by atoms with Gasteiger partial charge in [0.05, 0.1) is 0 Å². The quantitative estimate of drug-likeness (QED) is 0.837. The Bertz CT molecular complexity index is 914. The van der Waals surface area contributed by atoms with Crippen LogP contribution in [0.25, 0.3) is 0 Å². The van der Waals surface area contributed by atoms with Gasteiger partial charge in [-0.15, -0.1) is 0 Å². The fourth-order valence-electron chi connectivity index (χ4n) is 3.69. The van der Waals surface area contributed by atoms with Gasteiger partial charge in [-0.05, 0) is 51.3 Å². The van der Waals surface area contributed by atoms with Crippen molar-refractivity contribution >= 4 is 11.7 Å². The first kappa shape index (κ1) is 21.2. The maximum absolute atomic E-state index is 13.5. The molecule has 29 heavy (non-hydrogen) atoms. The van der Waals surface area contributed by atoms with Gasteiger partial charge >= 0.3 is 0 Å². The molecule has 0 aliphatic carbocycles. The Labute approximate surface area is 172 Å². The van der Waals surface area contributed by atoms with Crippen LogP contribution in [0.4, 0.5) is 10.2 Å². The van der Waals surface area contributed by atoms with Crippen LogP contribution in [0.2, 0.25) is 0 Å². The summed E-state index contributed by atoms with van der Waals surface area (Å²) in [7, 11) is 3.41. The number of aromatic nitrogens is 2. The monoisotopic (exact) mass is 399 g/mol. The Morgan fingerprint density at radius 3 is 2.66 bits per heavy atom. The smallest absolute Gasteiger partial charge is 0.291 e. The lowest BCUT2D eigenvalue weighted by molar-refractivity contribution is 0.0815. The Hall–Kier alpha value is -2.54. The summed E-state index contributed by atoms with van der Waals surface area (Å²) in [4.78, 5) is 25.0. The summed E-state index contributed by atoms with van der Waals surface area (Å²) in [6, 6.07) is 5.68. The molecule has 1 saturated heterocycles. The topological polar surface area (TPSA) is 61.4 Å². The fraction of sp³-hybridized carbons (Fsp3) is 0.500. The third kappa shape index (κ3) is 4.56. The number of amides is 1. The molecule has 1 fully saturated rings. The average Bonchev–Trinajstić information content (AvgIpc) is 3.13. The van der Waals surface area contributed by atoms with Gasteiger partial charge in [0, 0.05) is 50.5 Å². The van der Waals surface area contributed by atoms with Gasteiger partial charge in [-0.2, -0.15) is 0 Å². The number of aryl methyl sites for hydroxylation is 2. The summed E-state index contributed by atoms with van der Waals surface area (Å²) in [5.74, 6) is 0.700. The van der Waals surface area contributed by atoms with E-state index in [9.17, 15) is 9.18 Å². The van der Waals surface area contributed by atoms with E-state index in [2.05, 4.69) is 27.1 Å². The number of rotatable bonds is 5. The zero-order chi connectivity index (χ0) is 21.3. The zero-order valence-corrected chi connectivity index (χ0v) is 18.1. The molecule has 1 aromatic carbocycles. The summed E-state index contributed by atoms with van der Waals surface area (Å²) in [6.45, 7) is 9.47. The van der Waals surface area contributed by atoms with Crippen LogP contribution in [-0.2, 0) is 0 Å². The average molecular weight is 400 g/mol. The van der Waals surface area contributed by atoms with Gasteiger partial charge in [0.15, 0.2) is 0 Å². The molecule has 0 spiro atoms. The van der Waals surface area contributed by atoms with Gasteiger partial charge in [-0.3, -0.25) is 4.79 Å². The molecule has 6 nitrogen and oxygen atoms in total. The van der Waals surface area contributed by atoms with E-state index in [4.69, 9.17) is 0 Å². The van der Waals surface area contributed by atoms with Crippen molar-refractivity contribution in [1.29, 1.82) is 0 Å². The van der Waals surface area contributed by atoms with Crippen molar-refractivity contribution < 1.29 is 9.18 Å². The summed E-state index contributed by atoms with van der Waals surface area (Å²) >= 11 is 0. The van der Waals surface area contributed by atoms with Gasteiger partial charge in [-0.1, -0.05) is 12.1 Å². The second kappa shape index (κ2) is 8.45. The fourth-order valence-corrected chi connectivity index (χ4v) is 3.69. The van der Waals surface area contributed by atoms with E-state index in [0.29, 0.717) is 5.56 Å². The first-order chi connectivity index (χ1) is 13.7. The van der Waals surface area contributed by atoms with Crippen molar-refractivity contribution in [2.75, 3.05) is 32.1 Å². The molecule has 1 amide bonds. The highest BCUT2D eigenvalue weighted by Crippen LogP contribution is 2.26. The molecular formula is C22H30FN5O. The lowest BCUT2D eigenvalue weighted by Gasteiger charge is -2.23. The number of carbonyl (C=O) groups is 1. The molecule has 3 rings (SSSR count). The van der Waals surface area contributed by atoms with Crippen molar-refractivity contribution in [3.63, 3.8) is 0 Å². The largest absolute Gasteiger partial charge is 0.355 e. The Kier molecular flexibility index (Phi) is 6.17. The highest BCUT2D eigenvalue weighted by atomic mass is 19.1. The van der Waals surface area contributed by atoms with E-state index < -0.39 is 0 Å². The minimum absolute atomic E-state index is 0.123. The third-order valence-corrected chi connectivity index (χ3v) is 5.62. The second-order valence-electron chi connectivity index (χ2n) is 8.11. The molecule has 1 aliphatic heterocycles. The predicted octanol–water partition coefficient (Wildman–Crippen LogP) is 3.17. The van der Waals surface area contributed by atoms with Crippen molar-refractivity contribution in [1.82, 2.24) is 20.2 Å². The number of hydrogen-bond donors (Lipinski definition) is 1. The molecule has 0 saturated carbocycles. The summed E-state index contributed by atoms with van der Waals surface area (Å²) in [6.07, 6.45) is 0.976.